The predicted octanol–water partition coefficient (Wildman–Crippen LogP) is 2.47. The van der Waals surface area contributed by atoms with E-state index in [0.29, 0.717) is 29.0 Å². The molecule has 174 valence electrons. The van der Waals surface area contributed by atoms with Crippen LogP contribution >= 0.6 is 0 Å². The maximum atomic E-state index is 13.8. The van der Waals surface area contributed by atoms with Gasteiger partial charge in [-0.25, -0.2) is 28.2 Å². The molecule has 0 spiro atoms. The number of hydrogen-bond acceptors (Lipinski definition) is 8. The van der Waals surface area contributed by atoms with Crippen LogP contribution in [0.25, 0.3) is 11.5 Å². The molecule has 4 aromatic heterocycles. The molecule has 0 aromatic carbocycles. The van der Waals surface area contributed by atoms with Gasteiger partial charge in [-0.05, 0) is 13.8 Å². The van der Waals surface area contributed by atoms with Gasteiger partial charge in [0.05, 0.1) is 30.9 Å². The minimum Gasteiger partial charge on any atom is -0.487 e. The van der Waals surface area contributed by atoms with Crippen LogP contribution in [0.3, 0.4) is 0 Å². The SMILES string of the molecule is COC(=O)c1nccc(-n2cc(-n3c(C)cc(OCc4ncc(F)cc4F)cc3=O)c(C)n2)n1. The monoisotopic (exact) mass is 468 g/mol. The Morgan fingerprint density at radius 2 is 1.94 bits per heavy atom. The van der Waals surface area contributed by atoms with Gasteiger partial charge >= 0.3 is 5.97 Å². The first-order valence-corrected chi connectivity index (χ1v) is 9.91. The number of methoxy groups -OCH3 is 1. The van der Waals surface area contributed by atoms with Gasteiger partial charge in [-0.15, -0.1) is 0 Å². The van der Waals surface area contributed by atoms with Crippen molar-refractivity contribution in [2.24, 2.45) is 0 Å². The number of aryl methyl sites for hydroxylation is 2. The van der Waals surface area contributed by atoms with Gasteiger partial charge in [-0.2, -0.15) is 5.10 Å². The number of carbonyl (C=O) groups excluding carboxylic acids is 1. The van der Waals surface area contributed by atoms with Crippen LogP contribution in [0.1, 0.15) is 27.7 Å². The molecule has 0 aliphatic heterocycles. The smallest absolute Gasteiger partial charge is 0.376 e. The molecule has 0 radical (unpaired) electrons. The van der Waals surface area contributed by atoms with Gasteiger partial charge in [0.25, 0.3) is 5.56 Å². The number of aromatic nitrogens is 6. The quantitative estimate of drug-likeness (QED) is 0.397. The Kier molecular flexibility index (Phi) is 6.13. The minimum atomic E-state index is -0.840. The molecule has 0 amide bonds. The van der Waals surface area contributed by atoms with E-state index in [9.17, 15) is 18.4 Å². The van der Waals surface area contributed by atoms with Gasteiger partial charge in [-0.3, -0.25) is 14.3 Å². The Bertz CT molecular complexity index is 1450. The zero-order valence-electron chi connectivity index (χ0n) is 18.3. The summed E-state index contributed by atoms with van der Waals surface area (Å²) < 4.78 is 39.8. The van der Waals surface area contributed by atoms with Crippen molar-refractivity contribution in [3.8, 4) is 17.3 Å². The normalized spacial score (nSPS) is 10.9. The fourth-order valence-electron chi connectivity index (χ4n) is 3.22. The molecule has 34 heavy (non-hydrogen) atoms. The summed E-state index contributed by atoms with van der Waals surface area (Å²) in [7, 11) is 1.23. The van der Waals surface area contributed by atoms with Crippen molar-refractivity contribution in [3.05, 3.63) is 87.8 Å². The molecule has 0 aliphatic rings. The third-order valence-electron chi connectivity index (χ3n) is 4.81. The van der Waals surface area contributed by atoms with Gasteiger partial charge in [-0.1, -0.05) is 0 Å². The molecule has 12 heteroatoms. The lowest BCUT2D eigenvalue weighted by Crippen LogP contribution is -2.20. The summed E-state index contributed by atoms with van der Waals surface area (Å²) in [4.78, 5) is 36.3. The van der Waals surface area contributed by atoms with E-state index in [0.717, 1.165) is 6.20 Å². The second-order valence-corrected chi connectivity index (χ2v) is 7.15. The highest BCUT2D eigenvalue weighted by Gasteiger charge is 2.16. The third-order valence-corrected chi connectivity index (χ3v) is 4.81. The number of nitrogens with zero attached hydrogens (tertiary/aromatic N) is 6. The summed E-state index contributed by atoms with van der Waals surface area (Å²) >= 11 is 0. The lowest BCUT2D eigenvalue weighted by atomic mass is 10.3. The standard InChI is InChI=1S/C22H18F2N6O4/c1-12-6-15(34-11-17-16(24)7-14(23)9-26-17)8-20(31)30(12)18-10-29(28-13(18)2)19-4-5-25-21(27-19)22(32)33-3/h4-10H,11H2,1-3H3. The highest BCUT2D eigenvalue weighted by atomic mass is 19.1. The number of hydrogen-bond donors (Lipinski definition) is 0. The van der Waals surface area contributed by atoms with Crippen LogP contribution in [-0.4, -0.2) is 42.4 Å². The van der Waals surface area contributed by atoms with Crippen LogP contribution in [0.2, 0.25) is 0 Å². The first kappa shape index (κ1) is 22.7. The van der Waals surface area contributed by atoms with Crippen molar-refractivity contribution in [1.82, 2.24) is 29.3 Å². The number of esters is 1. The van der Waals surface area contributed by atoms with Gasteiger partial charge in [0.15, 0.2) is 11.6 Å². The summed E-state index contributed by atoms with van der Waals surface area (Å²) in [5.74, 6) is -1.94. The predicted molar refractivity (Wildman–Crippen MR) is 114 cm³/mol. The van der Waals surface area contributed by atoms with Crippen molar-refractivity contribution in [1.29, 1.82) is 0 Å². The van der Waals surface area contributed by atoms with Crippen LogP contribution in [-0.2, 0) is 11.3 Å². The molecule has 0 aliphatic carbocycles. The number of pyridine rings is 2. The molecule has 4 rings (SSSR count). The molecule has 0 saturated carbocycles. The van der Waals surface area contributed by atoms with E-state index >= 15 is 0 Å². The Morgan fingerprint density at radius 1 is 1.15 bits per heavy atom. The lowest BCUT2D eigenvalue weighted by Gasteiger charge is -2.12. The molecule has 0 unspecified atom stereocenters. The Morgan fingerprint density at radius 3 is 2.65 bits per heavy atom. The number of rotatable bonds is 6. The third kappa shape index (κ3) is 4.51. The Balaban J connectivity index is 1.62. The maximum Gasteiger partial charge on any atom is 0.376 e. The fourth-order valence-corrected chi connectivity index (χ4v) is 3.22. The van der Waals surface area contributed by atoms with Crippen LogP contribution in [0.5, 0.6) is 5.75 Å². The molecule has 4 aromatic rings. The second kappa shape index (κ2) is 9.17. The van der Waals surface area contributed by atoms with Gasteiger partial charge in [0, 0.05) is 36.2 Å². The second-order valence-electron chi connectivity index (χ2n) is 7.15. The Hall–Kier alpha value is -4.48. The number of ether oxygens (including phenoxy) is 2. The molecular formula is C22H18F2N6O4. The van der Waals surface area contributed by atoms with E-state index in [2.05, 4.69) is 24.8 Å². The van der Waals surface area contributed by atoms with Crippen molar-refractivity contribution in [2.75, 3.05) is 7.11 Å². The summed E-state index contributed by atoms with van der Waals surface area (Å²) in [6.07, 6.45) is 3.87. The minimum absolute atomic E-state index is 0.0865. The molecule has 4 heterocycles. The van der Waals surface area contributed by atoms with Gasteiger partial charge in [0.2, 0.25) is 5.82 Å². The van der Waals surface area contributed by atoms with Crippen molar-refractivity contribution >= 4 is 5.97 Å². The zero-order valence-corrected chi connectivity index (χ0v) is 18.3. The average Bonchev–Trinajstić information content (AvgIpc) is 3.19. The van der Waals surface area contributed by atoms with E-state index in [1.54, 1.807) is 32.2 Å². The molecule has 0 saturated heterocycles. The van der Waals surface area contributed by atoms with Gasteiger partial charge < -0.3 is 9.47 Å². The molecule has 0 bridgehead atoms. The van der Waals surface area contributed by atoms with Crippen LogP contribution in [0.4, 0.5) is 8.78 Å². The van der Waals surface area contributed by atoms with E-state index < -0.39 is 23.2 Å². The van der Waals surface area contributed by atoms with Gasteiger partial charge in [0.1, 0.15) is 23.9 Å². The highest BCUT2D eigenvalue weighted by Crippen LogP contribution is 2.19. The lowest BCUT2D eigenvalue weighted by molar-refractivity contribution is 0.0586. The van der Waals surface area contributed by atoms with E-state index in [-0.39, 0.29) is 23.9 Å². The molecule has 0 N–H and O–H groups in total. The first-order chi connectivity index (χ1) is 16.3. The first-order valence-electron chi connectivity index (χ1n) is 9.91. The topological polar surface area (TPSA) is 114 Å². The Labute approximate surface area is 191 Å². The molecule has 10 nitrogen and oxygen atoms in total. The van der Waals surface area contributed by atoms with Crippen LogP contribution in [0.15, 0.2) is 47.7 Å². The number of carbonyl (C=O) groups is 1. The molecular weight excluding hydrogens is 450 g/mol. The van der Waals surface area contributed by atoms with E-state index in [1.165, 1.54) is 28.6 Å². The maximum absolute atomic E-state index is 13.8. The van der Waals surface area contributed by atoms with Crippen LogP contribution < -0.4 is 10.3 Å². The zero-order chi connectivity index (χ0) is 24.4. The summed E-state index contributed by atoms with van der Waals surface area (Å²) in [6.45, 7) is 3.14. The summed E-state index contributed by atoms with van der Waals surface area (Å²) in [5.41, 5.74) is 1.03. The van der Waals surface area contributed by atoms with Crippen molar-refractivity contribution < 1.29 is 23.0 Å². The fraction of sp³-hybridized carbons (Fsp3) is 0.182. The molecule has 0 fully saturated rings. The molecule has 0 atom stereocenters. The summed E-state index contributed by atoms with van der Waals surface area (Å²) in [5, 5.41) is 4.38. The van der Waals surface area contributed by atoms with Crippen molar-refractivity contribution in [2.45, 2.75) is 20.5 Å². The largest absolute Gasteiger partial charge is 0.487 e. The highest BCUT2D eigenvalue weighted by molar-refractivity contribution is 5.85. The van der Waals surface area contributed by atoms with Crippen molar-refractivity contribution in [3.63, 3.8) is 0 Å². The number of halogens is 2. The average molecular weight is 468 g/mol. The van der Waals surface area contributed by atoms with Crippen LogP contribution in [0, 0.1) is 25.5 Å². The van der Waals surface area contributed by atoms with E-state index in [1.807, 2.05) is 0 Å². The van der Waals surface area contributed by atoms with E-state index in [4.69, 9.17) is 4.74 Å². The summed E-state index contributed by atoms with van der Waals surface area (Å²) in [6, 6.07) is 5.10.